The molecule has 0 unspecified atom stereocenters. The van der Waals surface area contributed by atoms with Crippen molar-refractivity contribution in [2.45, 2.75) is 25.8 Å². The predicted molar refractivity (Wildman–Crippen MR) is 134 cm³/mol. The van der Waals surface area contributed by atoms with E-state index < -0.39 is 5.82 Å². The van der Waals surface area contributed by atoms with Gasteiger partial charge >= 0.3 is 0 Å². The highest BCUT2D eigenvalue weighted by atomic mass is 19.1. The topological polar surface area (TPSA) is 85.3 Å². The van der Waals surface area contributed by atoms with Gasteiger partial charge in [0.05, 0.1) is 24.2 Å². The van der Waals surface area contributed by atoms with Gasteiger partial charge in [-0.3, -0.25) is 14.6 Å². The zero-order valence-corrected chi connectivity index (χ0v) is 20.6. The Morgan fingerprint density at radius 1 is 1.33 bits per heavy atom. The smallest absolute Gasteiger partial charge is 0.245 e. The predicted octanol–water partition coefficient (Wildman–Crippen LogP) is 2.33. The van der Waals surface area contributed by atoms with Gasteiger partial charge in [-0.05, 0) is 44.1 Å². The Bertz CT molecular complexity index is 1410. The molecule has 1 aliphatic carbocycles. The molecule has 1 amide bonds. The molecule has 9 heteroatoms. The molecule has 8 nitrogen and oxygen atoms in total. The lowest BCUT2D eigenvalue weighted by atomic mass is 9.60. The van der Waals surface area contributed by atoms with Gasteiger partial charge in [0.1, 0.15) is 23.9 Å². The Hall–Kier alpha value is -3.72. The average Bonchev–Trinajstić information content (AvgIpc) is 3.35. The molecule has 1 saturated carbocycles. The first kappa shape index (κ1) is 24.0. The zero-order chi connectivity index (χ0) is 25.4. The van der Waals surface area contributed by atoms with Gasteiger partial charge in [-0.1, -0.05) is 13.2 Å². The molecule has 188 valence electrons. The van der Waals surface area contributed by atoms with Crippen molar-refractivity contribution >= 4 is 18.6 Å². The summed E-state index contributed by atoms with van der Waals surface area (Å²) in [7, 11) is 1.59. The molecule has 36 heavy (non-hydrogen) atoms. The summed E-state index contributed by atoms with van der Waals surface area (Å²) in [4.78, 5) is 13.7. The Labute approximate surface area is 208 Å². The number of methoxy groups -OCH3 is 1. The molecule has 2 fully saturated rings. The first-order chi connectivity index (χ1) is 17.3. The van der Waals surface area contributed by atoms with Gasteiger partial charge in [0.2, 0.25) is 5.91 Å². The summed E-state index contributed by atoms with van der Waals surface area (Å²) >= 11 is 0. The van der Waals surface area contributed by atoms with Crippen LogP contribution in [0.5, 0.6) is 5.75 Å². The summed E-state index contributed by atoms with van der Waals surface area (Å²) in [6.07, 6.45) is 6.87. The van der Waals surface area contributed by atoms with E-state index in [2.05, 4.69) is 23.4 Å². The standard InChI is InChI=1S/C27H30FN5O3/c1-5-25(34)32-15-27(16-32)12-20(13-27)33-18(3)23(10-19-14-29-30-17(19)2)26(31-33)22-7-6-21(11-24(22)28)36-9-8-35-4/h5-7,10-11,14,20,30H,1-2,8-9,12-13,15-16H2,3-4H3/b19-10+. The van der Waals surface area contributed by atoms with E-state index >= 15 is 4.39 Å². The molecule has 1 saturated heterocycles. The number of nitrogens with one attached hydrogen (secondary N) is 1. The van der Waals surface area contributed by atoms with E-state index in [9.17, 15) is 4.79 Å². The number of rotatable bonds is 8. The SMILES string of the molecule is C=CC(=O)N1CC2(CC(n3nc(-c4ccc(OCCOC)cc4F)c(/C=c4\cn[nH]c4=C)c3C)C2)C1. The number of hydrogen-bond acceptors (Lipinski definition) is 5. The Balaban J connectivity index is 1.47. The van der Waals surface area contributed by atoms with Crippen molar-refractivity contribution < 1.29 is 18.7 Å². The number of H-pyrrole nitrogens is 1. The second kappa shape index (κ2) is 9.39. The molecule has 1 aromatic carbocycles. The number of carbonyl (C=O) groups excluding carboxylic acids is 1. The van der Waals surface area contributed by atoms with Gasteiger partial charge in [0.25, 0.3) is 0 Å². The van der Waals surface area contributed by atoms with Gasteiger partial charge in [0.15, 0.2) is 0 Å². The quantitative estimate of drug-likeness (QED) is 0.386. The second-order valence-electron chi connectivity index (χ2n) is 9.68. The van der Waals surface area contributed by atoms with Gasteiger partial charge in [-0.25, -0.2) is 4.39 Å². The minimum atomic E-state index is -0.408. The number of aromatic amines is 1. The third kappa shape index (κ3) is 4.24. The number of aromatic nitrogens is 4. The van der Waals surface area contributed by atoms with Crippen LogP contribution >= 0.6 is 0 Å². The Morgan fingerprint density at radius 2 is 2.11 bits per heavy atom. The van der Waals surface area contributed by atoms with Crippen LogP contribution in [0.2, 0.25) is 0 Å². The van der Waals surface area contributed by atoms with Gasteiger partial charge in [-0.2, -0.15) is 10.2 Å². The van der Waals surface area contributed by atoms with Crippen molar-refractivity contribution in [3.8, 4) is 17.0 Å². The molecular formula is C27H30FN5O3. The number of likely N-dealkylation sites (tertiary alicyclic amines) is 1. The minimum absolute atomic E-state index is 0.0206. The van der Waals surface area contributed by atoms with Crippen LogP contribution in [-0.2, 0) is 9.53 Å². The van der Waals surface area contributed by atoms with Crippen LogP contribution in [0.25, 0.3) is 23.9 Å². The molecule has 0 bridgehead atoms. The Kier molecular flexibility index (Phi) is 6.26. The molecule has 2 aliphatic rings. The van der Waals surface area contributed by atoms with E-state index in [0.717, 1.165) is 42.4 Å². The third-order valence-electron chi connectivity index (χ3n) is 7.22. The highest BCUT2D eigenvalue weighted by molar-refractivity contribution is 5.87. The van der Waals surface area contributed by atoms with Gasteiger partial charge in [0, 0.05) is 53.7 Å². The molecule has 1 spiro atoms. The van der Waals surface area contributed by atoms with Crippen molar-refractivity contribution in [3.63, 3.8) is 0 Å². The first-order valence-corrected chi connectivity index (χ1v) is 12.0. The summed E-state index contributed by atoms with van der Waals surface area (Å²) in [6.45, 7) is 11.8. The zero-order valence-electron chi connectivity index (χ0n) is 20.6. The molecule has 0 atom stereocenters. The summed E-state index contributed by atoms with van der Waals surface area (Å²) in [5, 5.41) is 13.3. The minimum Gasteiger partial charge on any atom is -0.491 e. The number of halogens is 1. The molecule has 1 aliphatic heterocycles. The maximum absolute atomic E-state index is 15.3. The van der Waals surface area contributed by atoms with Crippen LogP contribution in [-0.4, -0.2) is 64.2 Å². The molecular weight excluding hydrogens is 461 g/mol. The van der Waals surface area contributed by atoms with Crippen LogP contribution in [0.1, 0.15) is 30.1 Å². The number of benzene rings is 1. The van der Waals surface area contributed by atoms with Crippen LogP contribution in [0.4, 0.5) is 4.39 Å². The molecule has 1 N–H and O–H groups in total. The fourth-order valence-electron chi connectivity index (χ4n) is 5.30. The van der Waals surface area contributed by atoms with Crippen LogP contribution < -0.4 is 15.3 Å². The number of carbonyl (C=O) groups is 1. The van der Waals surface area contributed by atoms with Crippen LogP contribution in [0, 0.1) is 18.2 Å². The summed E-state index contributed by atoms with van der Waals surface area (Å²) < 4.78 is 27.9. The van der Waals surface area contributed by atoms with E-state index in [4.69, 9.17) is 14.6 Å². The maximum Gasteiger partial charge on any atom is 0.245 e. The number of hydrogen-bond donors (Lipinski definition) is 1. The summed E-state index contributed by atoms with van der Waals surface area (Å²) in [5.74, 6) is 0.0102. The molecule has 5 rings (SSSR count). The Morgan fingerprint density at radius 3 is 2.75 bits per heavy atom. The van der Waals surface area contributed by atoms with Crippen molar-refractivity contribution in [2.24, 2.45) is 5.41 Å². The average molecular weight is 492 g/mol. The van der Waals surface area contributed by atoms with E-state index in [-0.39, 0.29) is 17.4 Å². The van der Waals surface area contributed by atoms with E-state index in [1.54, 1.807) is 25.4 Å². The molecule has 2 aromatic heterocycles. The number of ether oxygens (including phenoxy) is 2. The van der Waals surface area contributed by atoms with Crippen LogP contribution in [0.15, 0.2) is 37.1 Å². The fourth-order valence-corrected chi connectivity index (χ4v) is 5.30. The van der Waals surface area contributed by atoms with E-state index in [1.165, 1.54) is 12.1 Å². The largest absolute Gasteiger partial charge is 0.491 e. The van der Waals surface area contributed by atoms with Crippen molar-refractivity contribution in [1.82, 2.24) is 24.9 Å². The summed E-state index contributed by atoms with van der Waals surface area (Å²) in [5.41, 5.74) is 2.88. The highest BCUT2D eigenvalue weighted by Gasteiger charge is 2.54. The first-order valence-electron chi connectivity index (χ1n) is 12.0. The van der Waals surface area contributed by atoms with Gasteiger partial charge in [-0.15, -0.1) is 0 Å². The molecule has 3 heterocycles. The molecule has 3 aromatic rings. The normalized spacial score (nSPS) is 17.2. The number of nitrogens with zero attached hydrogens (tertiary/aromatic N) is 4. The second-order valence-corrected chi connectivity index (χ2v) is 9.68. The van der Waals surface area contributed by atoms with E-state index in [0.29, 0.717) is 35.6 Å². The van der Waals surface area contributed by atoms with Gasteiger partial charge < -0.3 is 14.4 Å². The lowest BCUT2D eigenvalue weighted by Gasteiger charge is -2.58. The maximum atomic E-state index is 15.3. The summed E-state index contributed by atoms with van der Waals surface area (Å²) in [6, 6.07) is 5.02. The van der Waals surface area contributed by atoms with Crippen molar-refractivity contribution in [2.75, 3.05) is 33.4 Å². The van der Waals surface area contributed by atoms with Crippen molar-refractivity contribution in [1.29, 1.82) is 0 Å². The van der Waals surface area contributed by atoms with E-state index in [1.807, 2.05) is 22.6 Å². The molecule has 0 radical (unpaired) electrons. The third-order valence-corrected chi connectivity index (χ3v) is 7.22. The van der Waals surface area contributed by atoms with Crippen LogP contribution in [0.3, 0.4) is 0 Å². The lowest BCUT2D eigenvalue weighted by Crippen LogP contribution is -2.63. The fraction of sp³-hybridized carbons (Fsp3) is 0.370. The lowest BCUT2D eigenvalue weighted by molar-refractivity contribution is -0.149. The highest BCUT2D eigenvalue weighted by Crippen LogP contribution is 2.54. The number of amides is 1. The monoisotopic (exact) mass is 491 g/mol. The van der Waals surface area contributed by atoms with Crippen molar-refractivity contribution in [3.05, 3.63) is 64.7 Å².